The lowest BCUT2D eigenvalue weighted by molar-refractivity contribution is -0.138. The molecule has 2 N–H and O–H groups in total. The first-order valence-electron chi connectivity index (χ1n) is 7.74. The minimum Gasteiger partial charge on any atom is -0.481 e. The van der Waals surface area contributed by atoms with Crippen molar-refractivity contribution in [1.82, 2.24) is 10.2 Å². The standard InChI is InChI=1S/C17H23ClN2O4/c1-11(2)10-14(17(24)20(3)9-8-15(21)22)19-16(23)12-4-6-13(18)7-5-12/h4-7,11,14H,8-10H2,1-3H3,(H,19,23)(H,21,22). The van der Waals surface area contributed by atoms with Gasteiger partial charge in [0.05, 0.1) is 6.42 Å². The van der Waals surface area contributed by atoms with E-state index < -0.39 is 12.0 Å². The van der Waals surface area contributed by atoms with E-state index in [0.717, 1.165) is 0 Å². The van der Waals surface area contributed by atoms with E-state index in [1.165, 1.54) is 11.9 Å². The minimum absolute atomic E-state index is 0.0968. The molecule has 0 radical (unpaired) electrons. The zero-order valence-corrected chi connectivity index (χ0v) is 14.8. The molecule has 1 aromatic carbocycles. The van der Waals surface area contributed by atoms with Crippen LogP contribution >= 0.6 is 11.6 Å². The summed E-state index contributed by atoms with van der Waals surface area (Å²) in [4.78, 5) is 36.8. The Hall–Kier alpha value is -2.08. The summed E-state index contributed by atoms with van der Waals surface area (Å²) in [6, 6.07) is 5.68. The largest absolute Gasteiger partial charge is 0.481 e. The average molecular weight is 355 g/mol. The van der Waals surface area contributed by atoms with Crippen LogP contribution in [0.3, 0.4) is 0 Å². The van der Waals surface area contributed by atoms with Crippen LogP contribution in [0, 0.1) is 5.92 Å². The molecule has 0 fully saturated rings. The first-order chi connectivity index (χ1) is 11.2. The van der Waals surface area contributed by atoms with E-state index in [4.69, 9.17) is 16.7 Å². The quantitative estimate of drug-likeness (QED) is 0.750. The van der Waals surface area contributed by atoms with Crippen LogP contribution in [0.25, 0.3) is 0 Å². The van der Waals surface area contributed by atoms with Crippen LogP contribution in [0.15, 0.2) is 24.3 Å². The van der Waals surface area contributed by atoms with E-state index in [9.17, 15) is 14.4 Å². The molecule has 0 aromatic heterocycles. The Morgan fingerprint density at radius 3 is 2.29 bits per heavy atom. The van der Waals surface area contributed by atoms with Gasteiger partial charge in [-0.05, 0) is 36.6 Å². The zero-order valence-electron chi connectivity index (χ0n) is 14.1. The van der Waals surface area contributed by atoms with Crippen LogP contribution < -0.4 is 5.32 Å². The normalized spacial score (nSPS) is 11.9. The third-order valence-electron chi connectivity index (χ3n) is 3.45. The lowest BCUT2D eigenvalue weighted by atomic mass is 10.0. The van der Waals surface area contributed by atoms with Gasteiger partial charge in [0, 0.05) is 24.2 Å². The molecule has 1 rings (SSSR count). The van der Waals surface area contributed by atoms with E-state index in [0.29, 0.717) is 17.0 Å². The summed E-state index contributed by atoms with van der Waals surface area (Å²) in [5.41, 5.74) is 0.411. The van der Waals surface area contributed by atoms with Gasteiger partial charge in [0.15, 0.2) is 0 Å². The predicted molar refractivity (Wildman–Crippen MR) is 92.1 cm³/mol. The van der Waals surface area contributed by atoms with Crippen molar-refractivity contribution in [3.8, 4) is 0 Å². The Bertz CT molecular complexity index is 587. The third-order valence-corrected chi connectivity index (χ3v) is 3.71. The first-order valence-corrected chi connectivity index (χ1v) is 8.11. The molecular formula is C17H23ClN2O4. The Balaban J connectivity index is 2.80. The van der Waals surface area contributed by atoms with Gasteiger partial charge in [-0.2, -0.15) is 0 Å². The maximum Gasteiger partial charge on any atom is 0.305 e. The van der Waals surface area contributed by atoms with Crippen molar-refractivity contribution >= 4 is 29.4 Å². The molecule has 6 nitrogen and oxygen atoms in total. The van der Waals surface area contributed by atoms with Crippen LogP contribution in [0.4, 0.5) is 0 Å². The highest BCUT2D eigenvalue weighted by Crippen LogP contribution is 2.12. The number of carboxylic acid groups (broad SMARTS) is 1. The molecule has 0 saturated heterocycles. The second-order valence-corrected chi connectivity index (χ2v) is 6.50. The lowest BCUT2D eigenvalue weighted by Gasteiger charge is -2.25. The Morgan fingerprint density at radius 1 is 1.21 bits per heavy atom. The van der Waals surface area contributed by atoms with Gasteiger partial charge >= 0.3 is 5.97 Å². The van der Waals surface area contributed by atoms with E-state index in [1.54, 1.807) is 24.3 Å². The van der Waals surface area contributed by atoms with Gasteiger partial charge < -0.3 is 15.3 Å². The number of carbonyl (C=O) groups is 3. The number of nitrogens with zero attached hydrogens (tertiary/aromatic N) is 1. The van der Waals surface area contributed by atoms with Crippen molar-refractivity contribution in [2.75, 3.05) is 13.6 Å². The number of benzene rings is 1. The molecule has 2 amide bonds. The number of carboxylic acids is 1. The van der Waals surface area contributed by atoms with Gasteiger partial charge in [0.25, 0.3) is 5.91 Å². The third kappa shape index (κ3) is 6.58. The number of rotatable bonds is 8. The van der Waals surface area contributed by atoms with E-state index >= 15 is 0 Å². The molecule has 0 spiro atoms. The molecule has 0 aliphatic carbocycles. The highest BCUT2D eigenvalue weighted by molar-refractivity contribution is 6.30. The molecule has 24 heavy (non-hydrogen) atoms. The SMILES string of the molecule is CC(C)CC(NC(=O)c1ccc(Cl)cc1)C(=O)N(C)CCC(=O)O. The van der Waals surface area contributed by atoms with Crippen LogP contribution in [0.5, 0.6) is 0 Å². The number of carbonyl (C=O) groups excluding carboxylic acids is 2. The van der Waals surface area contributed by atoms with Gasteiger partial charge in [-0.1, -0.05) is 25.4 Å². The molecule has 1 atom stereocenters. The summed E-state index contributed by atoms with van der Waals surface area (Å²) in [6.07, 6.45) is 0.331. The number of likely N-dealkylation sites (N-methyl/N-ethyl adjacent to an activating group) is 1. The molecule has 7 heteroatoms. The molecule has 0 saturated carbocycles. The van der Waals surface area contributed by atoms with Gasteiger partial charge in [-0.3, -0.25) is 14.4 Å². The fourth-order valence-electron chi connectivity index (χ4n) is 2.18. The molecule has 1 unspecified atom stereocenters. The van der Waals surface area contributed by atoms with Crippen molar-refractivity contribution in [3.05, 3.63) is 34.9 Å². The van der Waals surface area contributed by atoms with Crippen molar-refractivity contribution in [2.45, 2.75) is 32.7 Å². The highest BCUT2D eigenvalue weighted by atomic mass is 35.5. The Kier molecular flexibility index (Phi) is 7.71. The van der Waals surface area contributed by atoms with Gasteiger partial charge in [-0.25, -0.2) is 0 Å². The molecule has 132 valence electrons. The summed E-state index contributed by atoms with van der Waals surface area (Å²) in [6.45, 7) is 4.00. The second-order valence-electron chi connectivity index (χ2n) is 6.07. The van der Waals surface area contributed by atoms with Gasteiger partial charge in [0.2, 0.25) is 5.91 Å². The Morgan fingerprint density at radius 2 is 1.79 bits per heavy atom. The maximum atomic E-state index is 12.5. The van der Waals surface area contributed by atoms with Gasteiger partial charge in [-0.15, -0.1) is 0 Å². The number of amides is 2. The van der Waals surface area contributed by atoms with Crippen molar-refractivity contribution in [3.63, 3.8) is 0 Å². The van der Waals surface area contributed by atoms with Crippen molar-refractivity contribution < 1.29 is 19.5 Å². The molecule has 1 aromatic rings. The maximum absolute atomic E-state index is 12.5. The fourth-order valence-corrected chi connectivity index (χ4v) is 2.30. The number of hydrogen-bond acceptors (Lipinski definition) is 3. The van der Waals surface area contributed by atoms with Crippen molar-refractivity contribution in [2.24, 2.45) is 5.92 Å². The zero-order chi connectivity index (χ0) is 18.3. The predicted octanol–water partition coefficient (Wildman–Crippen LogP) is 2.42. The molecule has 0 bridgehead atoms. The highest BCUT2D eigenvalue weighted by Gasteiger charge is 2.25. The number of halogens is 1. The van der Waals surface area contributed by atoms with E-state index in [1.807, 2.05) is 13.8 Å². The smallest absolute Gasteiger partial charge is 0.305 e. The van der Waals surface area contributed by atoms with Crippen LogP contribution in [0.2, 0.25) is 5.02 Å². The summed E-state index contributed by atoms with van der Waals surface area (Å²) < 4.78 is 0. The number of nitrogens with one attached hydrogen (secondary N) is 1. The molecule has 0 heterocycles. The summed E-state index contributed by atoms with van der Waals surface area (Å²) >= 11 is 5.80. The van der Waals surface area contributed by atoms with Gasteiger partial charge in [0.1, 0.15) is 6.04 Å². The Labute approximate surface area is 146 Å². The minimum atomic E-state index is -0.972. The number of aliphatic carboxylic acids is 1. The van der Waals surface area contributed by atoms with Crippen LogP contribution in [-0.4, -0.2) is 47.4 Å². The first kappa shape index (κ1) is 20.0. The van der Waals surface area contributed by atoms with E-state index in [-0.39, 0.29) is 30.7 Å². The molecule has 0 aliphatic rings. The number of hydrogen-bond donors (Lipinski definition) is 2. The topological polar surface area (TPSA) is 86.7 Å². The fraction of sp³-hybridized carbons (Fsp3) is 0.471. The van der Waals surface area contributed by atoms with Crippen LogP contribution in [-0.2, 0) is 9.59 Å². The molecule has 0 aliphatic heterocycles. The van der Waals surface area contributed by atoms with E-state index in [2.05, 4.69) is 5.32 Å². The summed E-state index contributed by atoms with van der Waals surface area (Å²) in [5, 5.41) is 12.0. The monoisotopic (exact) mass is 354 g/mol. The molecular weight excluding hydrogens is 332 g/mol. The van der Waals surface area contributed by atoms with Crippen LogP contribution in [0.1, 0.15) is 37.0 Å². The summed E-state index contributed by atoms with van der Waals surface area (Å²) in [7, 11) is 1.53. The lowest BCUT2D eigenvalue weighted by Crippen LogP contribution is -2.48. The second kappa shape index (κ2) is 9.27. The van der Waals surface area contributed by atoms with Crippen molar-refractivity contribution in [1.29, 1.82) is 0 Å². The average Bonchev–Trinajstić information content (AvgIpc) is 2.51. The summed E-state index contributed by atoms with van der Waals surface area (Å²) in [5.74, 6) is -1.44.